The van der Waals surface area contributed by atoms with Crippen molar-refractivity contribution in [1.29, 1.82) is 0 Å². The van der Waals surface area contributed by atoms with Crippen LogP contribution in [0, 0.1) is 0 Å². The third-order valence-corrected chi connectivity index (χ3v) is 4.13. The van der Waals surface area contributed by atoms with Crippen molar-refractivity contribution in [3.05, 3.63) is 21.6 Å². The minimum absolute atomic E-state index is 0.560. The van der Waals surface area contributed by atoms with E-state index >= 15 is 0 Å². The van der Waals surface area contributed by atoms with Crippen molar-refractivity contribution in [3.63, 3.8) is 0 Å². The third-order valence-electron chi connectivity index (χ3n) is 2.93. The Morgan fingerprint density at radius 3 is 2.87 bits per heavy atom. The van der Waals surface area contributed by atoms with E-state index < -0.39 is 0 Å². The topological polar surface area (TPSA) is 29.3 Å². The summed E-state index contributed by atoms with van der Waals surface area (Å²) in [6.07, 6.45) is 2.46. The largest absolute Gasteiger partial charge is 0.397 e. The van der Waals surface area contributed by atoms with Crippen molar-refractivity contribution in [2.75, 3.05) is 17.2 Å². The van der Waals surface area contributed by atoms with Crippen LogP contribution in [0.2, 0.25) is 5.02 Å². The second-order valence-electron chi connectivity index (χ2n) is 4.01. The molecule has 0 aliphatic carbocycles. The molecule has 0 saturated carbocycles. The van der Waals surface area contributed by atoms with Gasteiger partial charge in [0.1, 0.15) is 0 Å². The number of nitrogen functional groups attached to an aromatic ring is 1. The van der Waals surface area contributed by atoms with Gasteiger partial charge >= 0.3 is 0 Å². The molecule has 0 unspecified atom stereocenters. The number of nitrogens with two attached hydrogens (primary N) is 1. The number of hydrogen-bond donors (Lipinski definition) is 1. The van der Waals surface area contributed by atoms with E-state index in [1.54, 1.807) is 0 Å². The number of benzene rings is 1. The average molecular weight is 290 g/mol. The lowest BCUT2D eigenvalue weighted by molar-refractivity contribution is 0.736. The monoisotopic (exact) mass is 288 g/mol. The van der Waals surface area contributed by atoms with Crippen LogP contribution in [0.25, 0.3) is 0 Å². The summed E-state index contributed by atoms with van der Waals surface area (Å²) in [6.45, 7) is 3.30. The van der Waals surface area contributed by atoms with Gasteiger partial charge in [-0.05, 0) is 47.8 Å². The molecular weight excluding hydrogens is 275 g/mol. The molecule has 2 rings (SSSR count). The zero-order valence-electron chi connectivity index (χ0n) is 8.63. The zero-order chi connectivity index (χ0) is 11.0. The summed E-state index contributed by atoms with van der Waals surface area (Å²) in [5.74, 6) is 0. The highest BCUT2D eigenvalue weighted by atomic mass is 79.9. The van der Waals surface area contributed by atoms with Crippen molar-refractivity contribution < 1.29 is 0 Å². The van der Waals surface area contributed by atoms with Gasteiger partial charge in [0.15, 0.2) is 0 Å². The fourth-order valence-corrected chi connectivity index (χ4v) is 2.61. The standard InChI is InChI=1S/C11H14BrClN2/c1-7-3-2-4-15(7)11-6-9(13)8(12)5-10(11)14/h5-7H,2-4,14H2,1H3/t7-/m1/s1. The fraction of sp³-hybridized carbons (Fsp3) is 0.455. The molecule has 1 saturated heterocycles. The van der Waals surface area contributed by atoms with Crippen LogP contribution >= 0.6 is 27.5 Å². The summed E-state index contributed by atoms with van der Waals surface area (Å²) >= 11 is 9.46. The second kappa shape index (κ2) is 4.22. The SMILES string of the molecule is C[C@@H]1CCCN1c1cc(Cl)c(Br)cc1N. The van der Waals surface area contributed by atoms with Gasteiger partial charge in [0.05, 0.1) is 16.4 Å². The molecule has 1 atom stereocenters. The molecule has 0 amide bonds. The average Bonchev–Trinajstić information content (AvgIpc) is 2.58. The van der Waals surface area contributed by atoms with Gasteiger partial charge in [0, 0.05) is 17.1 Å². The van der Waals surface area contributed by atoms with E-state index in [4.69, 9.17) is 17.3 Å². The molecule has 15 heavy (non-hydrogen) atoms. The van der Waals surface area contributed by atoms with Crippen molar-refractivity contribution in [3.8, 4) is 0 Å². The minimum atomic E-state index is 0.560. The Labute approximate surface area is 104 Å². The lowest BCUT2D eigenvalue weighted by Gasteiger charge is -2.25. The van der Waals surface area contributed by atoms with Gasteiger partial charge in [-0.15, -0.1) is 0 Å². The molecule has 1 aromatic rings. The Bertz CT molecular complexity index is 381. The number of anilines is 2. The Morgan fingerprint density at radius 1 is 1.53 bits per heavy atom. The van der Waals surface area contributed by atoms with E-state index in [1.165, 1.54) is 12.8 Å². The Balaban J connectivity index is 2.39. The molecule has 1 aliphatic rings. The van der Waals surface area contributed by atoms with E-state index in [0.717, 1.165) is 27.4 Å². The van der Waals surface area contributed by atoms with Gasteiger partial charge < -0.3 is 10.6 Å². The minimum Gasteiger partial charge on any atom is -0.397 e. The number of halogens is 2. The molecule has 0 radical (unpaired) electrons. The molecule has 0 spiro atoms. The molecule has 82 valence electrons. The molecule has 1 aliphatic heterocycles. The van der Waals surface area contributed by atoms with Gasteiger partial charge in [0.25, 0.3) is 0 Å². The van der Waals surface area contributed by atoms with Crippen LogP contribution in [0.1, 0.15) is 19.8 Å². The Morgan fingerprint density at radius 2 is 2.27 bits per heavy atom. The molecule has 4 heteroatoms. The first-order valence-electron chi connectivity index (χ1n) is 5.10. The molecule has 0 aromatic heterocycles. The van der Waals surface area contributed by atoms with E-state index in [-0.39, 0.29) is 0 Å². The summed E-state index contributed by atoms with van der Waals surface area (Å²) in [5.41, 5.74) is 7.86. The van der Waals surface area contributed by atoms with Gasteiger partial charge in [-0.3, -0.25) is 0 Å². The van der Waals surface area contributed by atoms with E-state index in [9.17, 15) is 0 Å². The highest BCUT2D eigenvalue weighted by Gasteiger charge is 2.22. The maximum atomic E-state index is 6.08. The summed E-state index contributed by atoms with van der Waals surface area (Å²) in [6, 6.07) is 4.38. The van der Waals surface area contributed by atoms with Crippen LogP contribution in [0.15, 0.2) is 16.6 Å². The zero-order valence-corrected chi connectivity index (χ0v) is 11.0. The second-order valence-corrected chi connectivity index (χ2v) is 5.27. The smallest absolute Gasteiger partial charge is 0.0618 e. The third kappa shape index (κ3) is 2.08. The normalized spacial score (nSPS) is 21.0. The number of rotatable bonds is 1. The molecule has 2 nitrogen and oxygen atoms in total. The lowest BCUT2D eigenvalue weighted by atomic mass is 10.2. The van der Waals surface area contributed by atoms with E-state index in [2.05, 4.69) is 27.8 Å². The van der Waals surface area contributed by atoms with Crippen LogP contribution in [0.3, 0.4) is 0 Å². The lowest BCUT2D eigenvalue weighted by Crippen LogP contribution is -2.27. The highest BCUT2D eigenvalue weighted by Crippen LogP contribution is 2.36. The first kappa shape index (κ1) is 11.1. The van der Waals surface area contributed by atoms with Crippen molar-refractivity contribution in [2.24, 2.45) is 0 Å². The summed E-state index contributed by atoms with van der Waals surface area (Å²) in [7, 11) is 0. The van der Waals surface area contributed by atoms with Crippen LogP contribution in [-0.4, -0.2) is 12.6 Å². The van der Waals surface area contributed by atoms with Crippen molar-refractivity contribution in [2.45, 2.75) is 25.8 Å². The Hall–Kier alpha value is -0.410. The van der Waals surface area contributed by atoms with Crippen molar-refractivity contribution in [1.82, 2.24) is 0 Å². The van der Waals surface area contributed by atoms with Gasteiger partial charge in [-0.1, -0.05) is 11.6 Å². The van der Waals surface area contributed by atoms with Gasteiger partial charge in [-0.2, -0.15) is 0 Å². The first-order chi connectivity index (χ1) is 7.09. The molecular formula is C11H14BrClN2. The number of hydrogen-bond acceptors (Lipinski definition) is 2. The summed E-state index contributed by atoms with van der Waals surface area (Å²) in [5, 5.41) is 0.721. The predicted octanol–water partition coefficient (Wildman–Crippen LogP) is 3.67. The molecule has 1 aromatic carbocycles. The Kier molecular flexibility index (Phi) is 3.12. The maximum absolute atomic E-state index is 6.08. The van der Waals surface area contributed by atoms with Crippen LogP contribution in [0.5, 0.6) is 0 Å². The summed E-state index contributed by atoms with van der Waals surface area (Å²) < 4.78 is 0.859. The predicted molar refractivity (Wildman–Crippen MR) is 69.6 cm³/mol. The van der Waals surface area contributed by atoms with Crippen LogP contribution in [0.4, 0.5) is 11.4 Å². The number of nitrogens with zero attached hydrogens (tertiary/aromatic N) is 1. The van der Waals surface area contributed by atoms with E-state index in [1.807, 2.05) is 12.1 Å². The quantitative estimate of drug-likeness (QED) is 0.799. The fourth-order valence-electron chi connectivity index (χ4n) is 2.09. The van der Waals surface area contributed by atoms with Crippen LogP contribution in [-0.2, 0) is 0 Å². The highest BCUT2D eigenvalue weighted by molar-refractivity contribution is 9.10. The van der Waals surface area contributed by atoms with Crippen LogP contribution < -0.4 is 10.6 Å². The summed E-state index contributed by atoms with van der Waals surface area (Å²) in [4.78, 5) is 2.33. The van der Waals surface area contributed by atoms with Gasteiger partial charge in [0.2, 0.25) is 0 Å². The maximum Gasteiger partial charge on any atom is 0.0618 e. The van der Waals surface area contributed by atoms with Gasteiger partial charge in [-0.25, -0.2) is 0 Å². The molecule has 2 N–H and O–H groups in total. The molecule has 1 fully saturated rings. The molecule has 1 heterocycles. The molecule has 0 bridgehead atoms. The first-order valence-corrected chi connectivity index (χ1v) is 6.28. The van der Waals surface area contributed by atoms with Crippen molar-refractivity contribution >= 4 is 38.9 Å². The van der Waals surface area contributed by atoms with E-state index in [0.29, 0.717) is 6.04 Å².